The molecule has 0 radical (unpaired) electrons. The molecule has 0 fully saturated rings. The molecule has 1 heterocycles. The lowest BCUT2D eigenvalue weighted by Crippen LogP contribution is -2.35. The Balaban J connectivity index is 1.82. The fraction of sp³-hybridized carbons (Fsp3) is 0.312. The van der Waals surface area contributed by atoms with Crippen molar-refractivity contribution in [2.24, 2.45) is 0 Å². The molecule has 24 heavy (non-hydrogen) atoms. The molecule has 0 atom stereocenters. The van der Waals surface area contributed by atoms with Crippen LogP contribution in [0, 0.1) is 13.8 Å². The van der Waals surface area contributed by atoms with Gasteiger partial charge in [0.05, 0.1) is 17.8 Å². The Morgan fingerprint density at radius 1 is 1.33 bits per heavy atom. The third-order valence-corrected chi connectivity index (χ3v) is 4.00. The van der Waals surface area contributed by atoms with Crippen LogP contribution >= 0.6 is 23.2 Å². The molecule has 0 bridgehead atoms. The number of rotatable bonds is 6. The minimum Gasteiger partial charge on any atom is -0.491 e. The second-order valence-corrected chi connectivity index (χ2v) is 6.02. The Bertz CT molecular complexity index is 806. The van der Waals surface area contributed by atoms with Crippen LogP contribution in [0.5, 0.6) is 5.75 Å². The van der Waals surface area contributed by atoms with Crippen molar-refractivity contribution in [3.63, 3.8) is 0 Å². The van der Waals surface area contributed by atoms with E-state index >= 15 is 0 Å². The van der Waals surface area contributed by atoms with Crippen LogP contribution in [0.25, 0.3) is 0 Å². The molecule has 6 nitrogen and oxygen atoms in total. The third kappa shape index (κ3) is 4.72. The van der Waals surface area contributed by atoms with Gasteiger partial charge in [-0.05, 0) is 25.5 Å². The molecule has 8 heteroatoms. The van der Waals surface area contributed by atoms with Crippen molar-refractivity contribution in [3.05, 3.63) is 55.9 Å². The average molecular weight is 370 g/mol. The number of halogens is 2. The number of carbonyl (C=O) groups is 1. The van der Waals surface area contributed by atoms with Gasteiger partial charge in [-0.3, -0.25) is 9.59 Å². The number of carbonyl (C=O) groups excluding carboxylic acids is 1. The Hall–Kier alpha value is -2.05. The first-order valence-corrected chi connectivity index (χ1v) is 8.02. The van der Waals surface area contributed by atoms with Crippen LogP contribution in [0.4, 0.5) is 0 Å². The Kier molecular flexibility index (Phi) is 6.23. The first-order valence-electron chi connectivity index (χ1n) is 7.26. The summed E-state index contributed by atoms with van der Waals surface area (Å²) in [5.41, 5.74) is 1.59. The minimum absolute atomic E-state index is 0.0557. The zero-order valence-corrected chi connectivity index (χ0v) is 14.8. The summed E-state index contributed by atoms with van der Waals surface area (Å²) in [7, 11) is 0. The number of ether oxygens (including phenoxy) is 1. The number of hydrogen-bond donors (Lipinski definition) is 1. The van der Waals surface area contributed by atoms with Gasteiger partial charge in [0, 0.05) is 0 Å². The molecule has 1 amide bonds. The monoisotopic (exact) mass is 369 g/mol. The Morgan fingerprint density at radius 3 is 2.79 bits per heavy atom. The minimum atomic E-state index is -0.606. The molecule has 0 saturated heterocycles. The third-order valence-electron chi connectivity index (χ3n) is 3.25. The molecule has 0 unspecified atom stereocenters. The van der Waals surface area contributed by atoms with Gasteiger partial charge >= 0.3 is 0 Å². The molecule has 1 aromatic carbocycles. The van der Waals surface area contributed by atoms with E-state index in [9.17, 15) is 9.59 Å². The number of aromatic nitrogens is 2. The van der Waals surface area contributed by atoms with Gasteiger partial charge in [-0.15, -0.1) is 0 Å². The van der Waals surface area contributed by atoms with Gasteiger partial charge in [0.15, 0.2) is 0 Å². The molecule has 0 aliphatic heterocycles. The van der Waals surface area contributed by atoms with E-state index in [4.69, 9.17) is 27.9 Å². The Labute approximate surface area is 149 Å². The van der Waals surface area contributed by atoms with Crippen molar-refractivity contribution in [2.45, 2.75) is 20.4 Å². The number of nitrogens with one attached hydrogen (secondary N) is 1. The topological polar surface area (TPSA) is 73.2 Å². The molecule has 0 saturated carbocycles. The first-order chi connectivity index (χ1) is 11.4. The van der Waals surface area contributed by atoms with Gasteiger partial charge in [0.2, 0.25) is 5.91 Å². The van der Waals surface area contributed by atoms with E-state index in [0.29, 0.717) is 13.2 Å². The normalized spacial score (nSPS) is 10.5. The summed E-state index contributed by atoms with van der Waals surface area (Å²) < 4.78 is 6.57. The van der Waals surface area contributed by atoms with Crippen LogP contribution in [-0.4, -0.2) is 28.8 Å². The van der Waals surface area contributed by atoms with E-state index in [1.165, 1.54) is 6.20 Å². The van der Waals surface area contributed by atoms with E-state index in [2.05, 4.69) is 10.4 Å². The largest absolute Gasteiger partial charge is 0.491 e. The smallest absolute Gasteiger partial charge is 0.287 e. The number of aryl methyl sites for hydroxylation is 2. The van der Waals surface area contributed by atoms with Crippen molar-refractivity contribution in [2.75, 3.05) is 13.2 Å². The van der Waals surface area contributed by atoms with Crippen molar-refractivity contribution in [3.8, 4) is 5.75 Å². The van der Waals surface area contributed by atoms with Gasteiger partial charge in [-0.2, -0.15) is 5.10 Å². The molecule has 1 aromatic heterocycles. The predicted octanol–water partition coefficient (Wildman–Crippen LogP) is 2.36. The highest BCUT2D eigenvalue weighted by Gasteiger charge is 2.10. The summed E-state index contributed by atoms with van der Waals surface area (Å²) in [5, 5.41) is 6.32. The lowest BCUT2D eigenvalue weighted by Gasteiger charge is -2.11. The molecular weight excluding hydrogens is 353 g/mol. The van der Waals surface area contributed by atoms with E-state index in [0.717, 1.165) is 21.6 Å². The number of hydrogen-bond acceptors (Lipinski definition) is 4. The zero-order chi connectivity index (χ0) is 17.7. The molecule has 128 valence electrons. The molecule has 0 aliphatic carbocycles. The van der Waals surface area contributed by atoms with Gasteiger partial charge in [-0.25, -0.2) is 4.68 Å². The lowest BCUT2D eigenvalue weighted by atomic mass is 10.1. The van der Waals surface area contributed by atoms with E-state index in [-0.39, 0.29) is 22.5 Å². The fourth-order valence-corrected chi connectivity index (χ4v) is 2.33. The van der Waals surface area contributed by atoms with Crippen LogP contribution in [-0.2, 0) is 11.3 Å². The van der Waals surface area contributed by atoms with E-state index in [1.807, 2.05) is 32.0 Å². The van der Waals surface area contributed by atoms with Crippen molar-refractivity contribution in [1.82, 2.24) is 15.1 Å². The van der Waals surface area contributed by atoms with Gasteiger partial charge in [-0.1, -0.05) is 40.9 Å². The van der Waals surface area contributed by atoms with Crippen molar-refractivity contribution in [1.29, 1.82) is 0 Å². The van der Waals surface area contributed by atoms with Gasteiger partial charge in [0.25, 0.3) is 5.56 Å². The summed E-state index contributed by atoms with van der Waals surface area (Å²) in [6.07, 6.45) is 1.22. The number of amides is 1. The second-order valence-electron chi connectivity index (χ2n) is 5.24. The second kappa shape index (κ2) is 8.17. The molecule has 2 rings (SSSR count). The quantitative estimate of drug-likeness (QED) is 0.793. The lowest BCUT2D eigenvalue weighted by molar-refractivity contribution is -0.122. The molecular formula is C16H17Cl2N3O3. The highest BCUT2D eigenvalue weighted by atomic mass is 35.5. The van der Waals surface area contributed by atoms with E-state index < -0.39 is 5.56 Å². The fourth-order valence-electron chi connectivity index (χ4n) is 2.06. The van der Waals surface area contributed by atoms with Crippen LogP contribution in [0.1, 0.15) is 11.1 Å². The number of benzene rings is 1. The van der Waals surface area contributed by atoms with Gasteiger partial charge < -0.3 is 10.1 Å². The molecule has 0 spiro atoms. The Morgan fingerprint density at radius 2 is 2.08 bits per heavy atom. The SMILES string of the molecule is Cc1ccc(OCCNC(=O)Cn2ncc(Cl)c(Cl)c2=O)c(C)c1. The van der Waals surface area contributed by atoms with Crippen LogP contribution in [0.15, 0.2) is 29.2 Å². The van der Waals surface area contributed by atoms with Crippen molar-refractivity contribution >= 4 is 29.1 Å². The summed E-state index contributed by atoms with van der Waals surface area (Å²) >= 11 is 11.4. The number of nitrogens with zero attached hydrogens (tertiary/aromatic N) is 2. The maximum absolute atomic E-state index is 11.8. The maximum atomic E-state index is 11.8. The zero-order valence-electron chi connectivity index (χ0n) is 13.3. The highest BCUT2D eigenvalue weighted by molar-refractivity contribution is 6.41. The molecule has 2 aromatic rings. The summed E-state index contributed by atoms with van der Waals surface area (Å²) in [6.45, 7) is 4.36. The first kappa shape index (κ1) is 18.3. The van der Waals surface area contributed by atoms with Crippen LogP contribution in [0.3, 0.4) is 0 Å². The molecule has 0 aliphatic rings. The predicted molar refractivity (Wildman–Crippen MR) is 92.9 cm³/mol. The summed E-state index contributed by atoms with van der Waals surface area (Å²) in [6, 6.07) is 5.88. The van der Waals surface area contributed by atoms with Gasteiger partial charge in [0.1, 0.15) is 23.9 Å². The van der Waals surface area contributed by atoms with Crippen LogP contribution in [0.2, 0.25) is 10.0 Å². The van der Waals surface area contributed by atoms with Crippen molar-refractivity contribution < 1.29 is 9.53 Å². The van der Waals surface area contributed by atoms with E-state index in [1.54, 1.807) is 0 Å². The van der Waals surface area contributed by atoms with Crippen LogP contribution < -0.4 is 15.6 Å². The standard InChI is InChI=1S/C16H17Cl2N3O3/c1-10-3-4-13(11(2)7-10)24-6-5-19-14(22)9-21-16(23)15(18)12(17)8-20-21/h3-4,7-8H,5-6,9H2,1-2H3,(H,19,22). The molecule has 1 N–H and O–H groups in total. The average Bonchev–Trinajstić information content (AvgIpc) is 2.54. The summed E-state index contributed by atoms with van der Waals surface area (Å²) in [5.74, 6) is 0.407. The highest BCUT2D eigenvalue weighted by Crippen LogP contribution is 2.18. The maximum Gasteiger partial charge on any atom is 0.287 e. The summed E-state index contributed by atoms with van der Waals surface area (Å²) in [4.78, 5) is 23.6.